The molecule has 0 atom stereocenters. The summed E-state index contributed by atoms with van der Waals surface area (Å²) in [4.78, 5) is 29.7. The van der Waals surface area contributed by atoms with E-state index in [4.69, 9.17) is 14.2 Å². The third kappa shape index (κ3) is 5.08. The van der Waals surface area contributed by atoms with Gasteiger partial charge in [-0.3, -0.25) is 4.79 Å². The van der Waals surface area contributed by atoms with E-state index in [0.717, 1.165) is 38.4 Å². The van der Waals surface area contributed by atoms with Crippen LogP contribution in [0.5, 0.6) is 11.5 Å². The number of benzene rings is 2. The van der Waals surface area contributed by atoms with E-state index in [2.05, 4.69) is 22.0 Å². The Bertz CT molecular complexity index is 939. The van der Waals surface area contributed by atoms with Crippen LogP contribution in [0.2, 0.25) is 0 Å². The van der Waals surface area contributed by atoms with Gasteiger partial charge in [-0.2, -0.15) is 0 Å². The molecule has 31 heavy (non-hydrogen) atoms. The highest BCUT2D eigenvalue weighted by molar-refractivity contribution is 6.07. The van der Waals surface area contributed by atoms with Gasteiger partial charge in [-0.1, -0.05) is 6.92 Å². The molecule has 1 aliphatic rings. The Balaban J connectivity index is 1.90. The van der Waals surface area contributed by atoms with Crippen LogP contribution in [0, 0.1) is 0 Å². The van der Waals surface area contributed by atoms with Gasteiger partial charge in [0.25, 0.3) is 5.91 Å². The summed E-state index contributed by atoms with van der Waals surface area (Å²) in [6.07, 6.45) is 0. The van der Waals surface area contributed by atoms with Crippen molar-refractivity contribution < 1.29 is 23.8 Å². The lowest BCUT2D eigenvalue weighted by atomic mass is 10.1. The number of hydrogen-bond donors (Lipinski definition) is 1. The first-order valence-corrected chi connectivity index (χ1v) is 10.2. The van der Waals surface area contributed by atoms with Gasteiger partial charge in [-0.05, 0) is 42.9 Å². The molecule has 8 nitrogen and oxygen atoms in total. The predicted molar refractivity (Wildman–Crippen MR) is 120 cm³/mol. The minimum atomic E-state index is -0.455. The van der Waals surface area contributed by atoms with E-state index in [1.165, 1.54) is 14.2 Å². The number of carbonyl (C=O) groups excluding carboxylic acids is 2. The predicted octanol–water partition coefficient (Wildman–Crippen LogP) is 2.88. The van der Waals surface area contributed by atoms with Crippen molar-refractivity contribution in [1.82, 2.24) is 4.90 Å². The maximum absolute atomic E-state index is 13.0. The zero-order valence-electron chi connectivity index (χ0n) is 18.4. The quantitative estimate of drug-likeness (QED) is 0.681. The molecule has 0 radical (unpaired) electrons. The third-order valence-electron chi connectivity index (χ3n) is 5.47. The van der Waals surface area contributed by atoms with Gasteiger partial charge in [0.05, 0.1) is 38.3 Å². The Hall–Kier alpha value is -3.26. The third-order valence-corrected chi connectivity index (χ3v) is 5.47. The molecule has 1 fully saturated rings. The van der Waals surface area contributed by atoms with E-state index in [1.807, 2.05) is 6.07 Å². The maximum Gasteiger partial charge on any atom is 0.337 e. The van der Waals surface area contributed by atoms with Crippen LogP contribution in [0.3, 0.4) is 0 Å². The first kappa shape index (κ1) is 22.4. The van der Waals surface area contributed by atoms with Crippen molar-refractivity contribution in [3.63, 3.8) is 0 Å². The molecular formula is C23H29N3O5. The van der Waals surface area contributed by atoms with E-state index in [1.54, 1.807) is 37.4 Å². The number of nitrogens with one attached hydrogen (secondary N) is 1. The highest BCUT2D eigenvalue weighted by Gasteiger charge is 2.21. The Morgan fingerprint density at radius 3 is 2.19 bits per heavy atom. The zero-order chi connectivity index (χ0) is 22.4. The number of anilines is 2. The molecule has 0 saturated carbocycles. The molecule has 1 amide bonds. The molecule has 1 N–H and O–H groups in total. The van der Waals surface area contributed by atoms with Crippen molar-refractivity contribution in [1.29, 1.82) is 0 Å². The van der Waals surface area contributed by atoms with Gasteiger partial charge < -0.3 is 29.3 Å². The maximum atomic E-state index is 13.0. The summed E-state index contributed by atoms with van der Waals surface area (Å²) in [6, 6.07) is 10.2. The lowest BCUT2D eigenvalue weighted by Gasteiger charge is -2.36. The van der Waals surface area contributed by atoms with Gasteiger partial charge >= 0.3 is 5.97 Å². The Kier molecular flexibility index (Phi) is 7.36. The number of methoxy groups -OCH3 is 3. The van der Waals surface area contributed by atoms with E-state index < -0.39 is 5.97 Å². The molecule has 2 aromatic rings. The molecular weight excluding hydrogens is 398 g/mol. The normalized spacial score (nSPS) is 14.1. The fraction of sp³-hybridized carbons (Fsp3) is 0.391. The highest BCUT2D eigenvalue weighted by atomic mass is 16.5. The number of carbonyl (C=O) groups is 2. The Labute approximate surface area is 182 Å². The van der Waals surface area contributed by atoms with Crippen LogP contribution in [0.4, 0.5) is 11.4 Å². The molecule has 0 aromatic heterocycles. The number of nitrogens with zero attached hydrogens (tertiary/aromatic N) is 2. The van der Waals surface area contributed by atoms with E-state index >= 15 is 0 Å². The topological polar surface area (TPSA) is 80.3 Å². The molecule has 0 bridgehead atoms. The SMILES string of the molecule is CCN1CCN(c2ccc(C(=O)OC)cc2NC(=O)c2ccc(OC)c(OC)c2)CC1. The summed E-state index contributed by atoms with van der Waals surface area (Å²) < 4.78 is 15.4. The molecule has 1 saturated heterocycles. The largest absolute Gasteiger partial charge is 0.493 e. The average Bonchev–Trinajstić information content (AvgIpc) is 2.83. The van der Waals surface area contributed by atoms with Gasteiger partial charge in [0, 0.05) is 31.7 Å². The fourth-order valence-electron chi connectivity index (χ4n) is 3.63. The number of amides is 1. The van der Waals surface area contributed by atoms with Gasteiger partial charge in [-0.25, -0.2) is 4.79 Å². The van der Waals surface area contributed by atoms with Crippen molar-refractivity contribution in [2.24, 2.45) is 0 Å². The van der Waals surface area contributed by atoms with Crippen LogP contribution in [-0.2, 0) is 4.74 Å². The molecule has 1 aliphatic heterocycles. The van der Waals surface area contributed by atoms with Crippen molar-refractivity contribution in [2.45, 2.75) is 6.92 Å². The number of rotatable bonds is 7. The van der Waals surface area contributed by atoms with Crippen LogP contribution in [0.15, 0.2) is 36.4 Å². The molecule has 1 heterocycles. The minimum Gasteiger partial charge on any atom is -0.493 e. The number of piperazine rings is 1. The monoisotopic (exact) mass is 427 g/mol. The van der Waals surface area contributed by atoms with Crippen LogP contribution >= 0.6 is 0 Å². The van der Waals surface area contributed by atoms with Crippen molar-refractivity contribution in [3.05, 3.63) is 47.5 Å². The van der Waals surface area contributed by atoms with Gasteiger partial charge in [0.15, 0.2) is 11.5 Å². The lowest BCUT2D eigenvalue weighted by Crippen LogP contribution is -2.46. The number of hydrogen-bond acceptors (Lipinski definition) is 7. The van der Waals surface area contributed by atoms with E-state index in [9.17, 15) is 9.59 Å². The van der Waals surface area contributed by atoms with E-state index in [-0.39, 0.29) is 5.91 Å². The van der Waals surface area contributed by atoms with Crippen LogP contribution in [-0.4, -0.2) is 70.8 Å². The van der Waals surface area contributed by atoms with Crippen LogP contribution < -0.4 is 19.7 Å². The minimum absolute atomic E-state index is 0.309. The molecule has 8 heteroatoms. The van der Waals surface area contributed by atoms with Crippen LogP contribution in [0.25, 0.3) is 0 Å². The standard InChI is InChI=1S/C23H29N3O5/c1-5-25-10-12-26(13-11-25)19-8-6-17(23(28)31-4)14-18(19)24-22(27)16-7-9-20(29-2)21(15-16)30-3/h6-9,14-15H,5,10-13H2,1-4H3,(H,24,27). The molecule has 0 unspecified atom stereocenters. The highest BCUT2D eigenvalue weighted by Crippen LogP contribution is 2.31. The molecule has 166 valence electrons. The summed E-state index contributed by atoms with van der Waals surface area (Å²) in [7, 11) is 4.40. The second-order valence-electron chi connectivity index (χ2n) is 7.17. The second-order valence-corrected chi connectivity index (χ2v) is 7.17. The fourth-order valence-corrected chi connectivity index (χ4v) is 3.63. The van der Waals surface area contributed by atoms with Crippen LogP contribution in [0.1, 0.15) is 27.6 Å². The molecule has 3 rings (SSSR count). The Morgan fingerprint density at radius 2 is 1.58 bits per heavy atom. The number of ether oxygens (including phenoxy) is 3. The van der Waals surface area contributed by atoms with Crippen molar-refractivity contribution >= 4 is 23.3 Å². The summed E-state index contributed by atoms with van der Waals surface area (Å²) >= 11 is 0. The summed E-state index contributed by atoms with van der Waals surface area (Å²) in [5, 5.41) is 2.96. The molecule has 0 spiro atoms. The molecule has 0 aliphatic carbocycles. The Morgan fingerprint density at radius 1 is 0.903 bits per heavy atom. The van der Waals surface area contributed by atoms with Gasteiger partial charge in [0.2, 0.25) is 0 Å². The summed E-state index contributed by atoms with van der Waals surface area (Å²) in [5.74, 6) is 0.246. The molecule has 2 aromatic carbocycles. The van der Waals surface area contributed by atoms with E-state index in [0.29, 0.717) is 28.3 Å². The summed E-state index contributed by atoms with van der Waals surface area (Å²) in [6.45, 7) is 6.72. The lowest BCUT2D eigenvalue weighted by molar-refractivity contribution is 0.0600. The van der Waals surface area contributed by atoms with Gasteiger partial charge in [-0.15, -0.1) is 0 Å². The number of esters is 1. The zero-order valence-corrected chi connectivity index (χ0v) is 18.4. The first-order chi connectivity index (χ1) is 15.0. The van der Waals surface area contributed by atoms with Crippen molar-refractivity contribution in [3.8, 4) is 11.5 Å². The number of likely N-dealkylation sites (N-methyl/N-ethyl adjacent to an activating group) is 1. The summed E-state index contributed by atoms with van der Waals surface area (Å²) in [5.41, 5.74) is 2.23. The second kappa shape index (κ2) is 10.2. The van der Waals surface area contributed by atoms with Crippen molar-refractivity contribution in [2.75, 3.05) is 64.3 Å². The van der Waals surface area contributed by atoms with Gasteiger partial charge in [0.1, 0.15) is 0 Å². The smallest absolute Gasteiger partial charge is 0.337 e. The first-order valence-electron chi connectivity index (χ1n) is 10.2. The average molecular weight is 428 g/mol.